The Bertz CT molecular complexity index is 565. The fourth-order valence-corrected chi connectivity index (χ4v) is 6.74. The van der Waals surface area contributed by atoms with Gasteiger partial charge < -0.3 is 9.47 Å². The largest absolute Gasteiger partial charge is 0.469 e. The highest BCUT2D eigenvalue weighted by Crippen LogP contribution is 2.61. The van der Waals surface area contributed by atoms with Crippen LogP contribution in [0.25, 0.3) is 0 Å². The molecule has 154 valence electrons. The van der Waals surface area contributed by atoms with Crippen molar-refractivity contribution in [2.75, 3.05) is 7.11 Å². The fourth-order valence-electron chi connectivity index (χ4n) is 6.74. The van der Waals surface area contributed by atoms with Gasteiger partial charge in [0.1, 0.15) is 5.60 Å². The molecule has 0 N–H and O–H groups in total. The summed E-state index contributed by atoms with van der Waals surface area (Å²) in [6.45, 7) is 9.90. The third-order valence-corrected chi connectivity index (χ3v) is 8.20. The summed E-state index contributed by atoms with van der Waals surface area (Å²) in [6.07, 6.45) is 8.29. The standard InChI is InChI=1S/C23H38O4/c1-7-22(5,20(25)26-6)14-21(3,4)19(24)27-23(8-2)17-10-15-9-16(12-17)13-18(23)11-15/h15-18H,7-14H2,1-6H3. The Balaban J connectivity index is 1.77. The number of hydrogen-bond donors (Lipinski definition) is 0. The molecule has 4 aliphatic carbocycles. The van der Waals surface area contributed by atoms with Crippen LogP contribution in [0, 0.1) is 34.5 Å². The Labute approximate surface area is 164 Å². The minimum absolute atomic E-state index is 0.139. The van der Waals surface area contributed by atoms with Gasteiger partial charge in [0.05, 0.1) is 17.9 Å². The minimum atomic E-state index is -0.713. The Hall–Kier alpha value is -1.06. The minimum Gasteiger partial charge on any atom is -0.469 e. The number of hydrogen-bond acceptors (Lipinski definition) is 4. The monoisotopic (exact) mass is 378 g/mol. The molecular weight excluding hydrogens is 340 g/mol. The van der Waals surface area contributed by atoms with Crippen molar-refractivity contribution in [3.63, 3.8) is 0 Å². The zero-order chi connectivity index (χ0) is 20.0. The second-order valence-electron chi connectivity index (χ2n) is 10.5. The summed E-state index contributed by atoms with van der Waals surface area (Å²) < 4.78 is 11.5. The van der Waals surface area contributed by atoms with Gasteiger partial charge in [0.25, 0.3) is 0 Å². The van der Waals surface area contributed by atoms with Crippen LogP contribution < -0.4 is 0 Å². The van der Waals surface area contributed by atoms with E-state index in [4.69, 9.17) is 9.47 Å². The summed E-state index contributed by atoms with van der Waals surface area (Å²) in [5, 5.41) is 0. The van der Waals surface area contributed by atoms with E-state index in [-0.39, 0.29) is 17.5 Å². The lowest BCUT2D eigenvalue weighted by molar-refractivity contribution is -0.219. The van der Waals surface area contributed by atoms with Crippen LogP contribution in [0.1, 0.15) is 86.0 Å². The van der Waals surface area contributed by atoms with Crippen LogP contribution in [0.4, 0.5) is 0 Å². The second-order valence-corrected chi connectivity index (χ2v) is 10.5. The molecule has 0 aromatic carbocycles. The molecule has 4 fully saturated rings. The first-order chi connectivity index (χ1) is 12.6. The molecule has 0 aromatic heterocycles. The number of rotatable bonds is 7. The highest BCUT2D eigenvalue weighted by Gasteiger charge is 2.59. The van der Waals surface area contributed by atoms with E-state index in [9.17, 15) is 9.59 Å². The van der Waals surface area contributed by atoms with E-state index in [1.54, 1.807) is 0 Å². The van der Waals surface area contributed by atoms with Crippen molar-refractivity contribution in [3.05, 3.63) is 0 Å². The average molecular weight is 379 g/mol. The molecule has 27 heavy (non-hydrogen) atoms. The predicted octanol–water partition coefficient (Wildman–Crippen LogP) is 5.14. The summed E-state index contributed by atoms with van der Waals surface area (Å²) >= 11 is 0. The SMILES string of the molecule is CCC(C)(CC(C)(C)C(=O)OC1(CC)C2CC3CC(C2)CC1C3)C(=O)OC. The molecule has 0 heterocycles. The molecule has 4 rings (SSSR count). The summed E-state index contributed by atoms with van der Waals surface area (Å²) in [5.41, 5.74) is -1.66. The fraction of sp³-hybridized carbons (Fsp3) is 0.913. The quantitative estimate of drug-likeness (QED) is 0.576. The smallest absolute Gasteiger partial charge is 0.312 e. The normalized spacial score (nSPS) is 37.0. The van der Waals surface area contributed by atoms with E-state index in [0.29, 0.717) is 24.7 Å². The van der Waals surface area contributed by atoms with Crippen LogP contribution in [-0.4, -0.2) is 24.6 Å². The number of methoxy groups -OCH3 is 1. The van der Waals surface area contributed by atoms with E-state index in [0.717, 1.165) is 18.3 Å². The first-order valence-corrected chi connectivity index (χ1v) is 10.9. The molecule has 4 bridgehead atoms. The molecule has 1 unspecified atom stereocenters. The van der Waals surface area contributed by atoms with Crippen molar-refractivity contribution in [2.24, 2.45) is 34.5 Å². The Morgan fingerprint density at radius 1 is 0.926 bits per heavy atom. The number of carbonyl (C=O) groups is 2. The zero-order valence-electron chi connectivity index (χ0n) is 18.1. The maximum absolute atomic E-state index is 13.4. The topological polar surface area (TPSA) is 52.6 Å². The van der Waals surface area contributed by atoms with Crippen molar-refractivity contribution >= 4 is 11.9 Å². The van der Waals surface area contributed by atoms with Gasteiger partial charge in [-0.2, -0.15) is 0 Å². The third kappa shape index (κ3) is 3.42. The van der Waals surface area contributed by atoms with Gasteiger partial charge in [-0.3, -0.25) is 9.59 Å². The van der Waals surface area contributed by atoms with Crippen LogP contribution in [0.2, 0.25) is 0 Å². The lowest BCUT2D eigenvalue weighted by Gasteiger charge is -2.60. The van der Waals surface area contributed by atoms with E-state index < -0.39 is 10.8 Å². The molecule has 0 aliphatic heterocycles. The first kappa shape index (κ1) is 20.7. The Morgan fingerprint density at radius 2 is 1.44 bits per heavy atom. The van der Waals surface area contributed by atoms with Crippen molar-refractivity contribution < 1.29 is 19.1 Å². The van der Waals surface area contributed by atoms with Gasteiger partial charge in [-0.15, -0.1) is 0 Å². The average Bonchev–Trinajstić information content (AvgIpc) is 2.62. The number of carbonyl (C=O) groups excluding carboxylic acids is 2. The highest BCUT2D eigenvalue weighted by atomic mass is 16.6. The van der Waals surface area contributed by atoms with Crippen LogP contribution in [0.15, 0.2) is 0 Å². The molecule has 4 saturated carbocycles. The van der Waals surface area contributed by atoms with Crippen LogP contribution in [0.5, 0.6) is 0 Å². The van der Waals surface area contributed by atoms with Gasteiger partial charge in [0.15, 0.2) is 0 Å². The van der Waals surface area contributed by atoms with E-state index in [2.05, 4.69) is 6.92 Å². The molecule has 0 amide bonds. The van der Waals surface area contributed by atoms with Crippen LogP contribution in [-0.2, 0) is 19.1 Å². The van der Waals surface area contributed by atoms with E-state index in [1.165, 1.54) is 39.2 Å². The molecule has 0 saturated heterocycles. The molecule has 0 aromatic rings. The van der Waals surface area contributed by atoms with Crippen molar-refractivity contribution in [3.8, 4) is 0 Å². The predicted molar refractivity (Wildman–Crippen MR) is 105 cm³/mol. The van der Waals surface area contributed by atoms with E-state index >= 15 is 0 Å². The molecule has 4 aliphatic rings. The second kappa shape index (κ2) is 7.08. The van der Waals surface area contributed by atoms with Gasteiger partial charge in [0, 0.05) is 0 Å². The van der Waals surface area contributed by atoms with Gasteiger partial charge in [-0.05, 0) is 95.8 Å². The zero-order valence-corrected chi connectivity index (χ0v) is 18.1. The third-order valence-electron chi connectivity index (χ3n) is 8.20. The van der Waals surface area contributed by atoms with Crippen molar-refractivity contribution in [1.82, 2.24) is 0 Å². The summed E-state index contributed by atoms with van der Waals surface area (Å²) in [6, 6.07) is 0. The molecular formula is C23H38O4. The van der Waals surface area contributed by atoms with Crippen LogP contribution >= 0.6 is 0 Å². The van der Waals surface area contributed by atoms with Gasteiger partial charge in [-0.1, -0.05) is 13.8 Å². The lowest BCUT2D eigenvalue weighted by Crippen LogP contribution is -2.60. The van der Waals surface area contributed by atoms with E-state index in [1.807, 2.05) is 27.7 Å². The van der Waals surface area contributed by atoms with Gasteiger partial charge in [0.2, 0.25) is 0 Å². The number of esters is 2. The summed E-state index contributed by atoms with van der Waals surface area (Å²) in [7, 11) is 1.42. The maximum Gasteiger partial charge on any atom is 0.312 e. The molecule has 1 atom stereocenters. The highest BCUT2D eigenvalue weighted by molar-refractivity contribution is 5.80. The molecule has 4 nitrogen and oxygen atoms in total. The summed E-state index contributed by atoms with van der Waals surface area (Å²) in [5.74, 6) is 2.36. The molecule has 0 radical (unpaired) electrons. The van der Waals surface area contributed by atoms with Crippen LogP contribution in [0.3, 0.4) is 0 Å². The Morgan fingerprint density at radius 3 is 1.85 bits per heavy atom. The Kier molecular flexibility index (Phi) is 5.42. The molecule has 0 spiro atoms. The first-order valence-electron chi connectivity index (χ1n) is 10.9. The van der Waals surface area contributed by atoms with Crippen molar-refractivity contribution in [2.45, 2.75) is 91.6 Å². The maximum atomic E-state index is 13.4. The van der Waals surface area contributed by atoms with Crippen molar-refractivity contribution in [1.29, 1.82) is 0 Å². The summed E-state index contributed by atoms with van der Waals surface area (Å²) in [4.78, 5) is 25.7. The number of ether oxygens (including phenoxy) is 2. The lowest BCUT2D eigenvalue weighted by atomic mass is 9.49. The van der Waals surface area contributed by atoms with Gasteiger partial charge in [-0.25, -0.2) is 0 Å². The van der Waals surface area contributed by atoms with Gasteiger partial charge >= 0.3 is 11.9 Å². The molecule has 4 heteroatoms.